The summed E-state index contributed by atoms with van der Waals surface area (Å²) in [5.74, 6) is 0.698. The first-order chi connectivity index (χ1) is 8.20. The maximum atomic E-state index is 11.4. The first kappa shape index (κ1) is 15.2. The molecule has 0 heterocycles. The molecule has 4 heteroatoms. The maximum absolute atomic E-state index is 11.4. The van der Waals surface area contributed by atoms with Gasteiger partial charge in [-0.1, -0.05) is 52.0 Å². The van der Waals surface area contributed by atoms with Crippen LogP contribution in [0.3, 0.4) is 0 Å². The van der Waals surface area contributed by atoms with Crippen LogP contribution in [0.4, 0.5) is 0 Å². The van der Waals surface area contributed by atoms with Crippen molar-refractivity contribution in [1.29, 1.82) is 0 Å². The van der Waals surface area contributed by atoms with Gasteiger partial charge >= 0.3 is 0 Å². The lowest BCUT2D eigenvalue weighted by molar-refractivity contribution is 0.465. The largest absolute Gasteiger partial charge is 0.213 e. The van der Waals surface area contributed by atoms with Gasteiger partial charge < -0.3 is 0 Å². The van der Waals surface area contributed by atoms with Crippen LogP contribution in [0.25, 0.3) is 0 Å². The number of benzene rings is 1. The summed E-state index contributed by atoms with van der Waals surface area (Å²) in [6.07, 6.45) is 1.20. The van der Waals surface area contributed by atoms with Gasteiger partial charge in [-0.3, -0.25) is 0 Å². The highest BCUT2D eigenvalue weighted by atomic mass is 32.2. The molecule has 0 aromatic heterocycles. The summed E-state index contributed by atoms with van der Waals surface area (Å²) < 4.78 is 25.5. The van der Waals surface area contributed by atoms with Gasteiger partial charge in [0, 0.05) is 6.04 Å². The Balaban J connectivity index is 3.00. The normalized spacial score (nSPS) is 14.2. The van der Waals surface area contributed by atoms with E-state index in [1.807, 2.05) is 26.0 Å². The molecule has 1 atom stereocenters. The van der Waals surface area contributed by atoms with Crippen LogP contribution < -0.4 is 4.72 Å². The van der Waals surface area contributed by atoms with E-state index in [0.717, 1.165) is 5.56 Å². The molecule has 0 aliphatic carbocycles. The van der Waals surface area contributed by atoms with Gasteiger partial charge in [-0.15, -0.1) is 0 Å². The molecular formula is C14H23NO2S. The van der Waals surface area contributed by atoms with Gasteiger partial charge in [0.2, 0.25) is 10.0 Å². The highest BCUT2D eigenvalue weighted by molar-refractivity contribution is 7.88. The second-order valence-electron chi connectivity index (χ2n) is 5.43. The van der Waals surface area contributed by atoms with Crippen LogP contribution in [0.5, 0.6) is 0 Å². The van der Waals surface area contributed by atoms with E-state index in [1.165, 1.54) is 11.8 Å². The van der Waals surface area contributed by atoms with Crippen molar-refractivity contribution in [3.05, 3.63) is 35.4 Å². The molecule has 1 N–H and O–H groups in total. The molecular weight excluding hydrogens is 246 g/mol. The minimum atomic E-state index is -3.19. The van der Waals surface area contributed by atoms with E-state index in [1.54, 1.807) is 0 Å². The van der Waals surface area contributed by atoms with Crippen LogP contribution in [-0.2, 0) is 10.0 Å². The van der Waals surface area contributed by atoms with Crippen LogP contribution >= 0.6 is 0 Å². The van der Waals surface area contributed by atoms with Crippen molar-refractivity contribution in [1.82, 2.24) is 4.72 Å². The van der Waals surface area contributed by atoms with E-state index in [4.69, 9.17) is 0 Å². The van der Waals surface area contributed by atoms with Gasteiger partial charge in [-0.05, 0) is 23.0 Å². The third kappa shape index (κ3) is 4.42. The van der Waals surface area contributed by atoms with Crippen LogP contribution in [-0.4, -0.2) is 14.7 Å². The van der Waals surface area contributed by atoms with Crippen LogP contribution in [0.1, 0.15) is 50.8 Å². The quantitative estimate of drug-likeness (QED) is 0.893. The predicted octanol–water partition coefficient (Wildman–Crippen LogP) is 3.06. The van der Waals surface area contributed by atoms with Gasteiger partial charge in [0.1, 0.15) is 0 Å². The first-order valence-electron chi connectivity index (χ1n) is 6.28. The molecule has 0 amide bonds. The molecule has 102 valence electrons. The third-order valence-corrected chi connectivity index (χ3v) is 3.65. The molecule has 0 aliphatic heterocycles. The second-order valence-corrected chi connectivity index (χ2v) is 7.21. The molecule has 0 aliphatic rings. The zero-order valence-corrected chi connectivity index (χ0v) is 12.6. The Morgan fingerprint density at radius 3 is 1.72 bits per heavy atom. The highest BCUT2D eigenvalue weighted by Gasteiger charge is 2.19. The average Bonchev–Trinajstić information content (AvgIpc) is 2.24. The standard InChI is InChI=1S/C14H23NO2S/c1-10(2)12-6-8-13(9-7-12)14(11(3)4)15-18(5,16)17/h6-11,14-15H,1-5H3/t14-/m0/s1. The van der Waals surface area contributed by atoms with Gasteiger partial charge in [0.15, 0.2) is 0 Å². The van der Waals surface area contributed by atoms with E-state index in [0.29, 0.717) is 5.92 Å². The van der Waals surface area contributed by atoms with Crippen molar-refractivity contribution >= 4 is 10.0 Å². The van der Waals surface area contributed by atoms with Crippen LogP contribution in [0.15, 0.2) is 24.3 Å². The summed E-state index contributed by atoms with van der Waals surface area (Å²) in [7, 11) is -3.19. The predicted molar refractivity (Wildman–Crippen MR) is 76.1 cm³/mol. The zero-order valence-electron chi connectivity index (χ0n) is 11.8. The summed E-state index contributed by atoms with van der Waals surface area (Å²) in [5, 5.41) is 0. The number of sulfonamides is 1. The lowest BCUT2D eigenvalue weighted by Crippen LogP contribution is -2.30. The topological polar surface area (TPSA) is 46.2 Å². The van der Waals surface area contributed by atoms with E-state index in [9.17, 15) is 8.42 Å². The molecule has 0 spiro atoms. The molecule has 0 unspecified atom stereocenters. The summed E-state index contributed by atoms with van der Waals surface area (Å²) in [6.45, 7) is 8.31. The number of rotatable bonds is 5. The molecule has 0 saturated heterocycles. The van der Waals surface area contributed by atoms with Gasteiger partial charge in [0.05, 0.1) is 6.26 Å². The monoisotopic (exact) mass is 269 g/mol. The van der Waals surface area contributed by atoms with Gasteiger partial charge in [-0.25, -0.2) is 13.1 Å². The van der Waals surface area contributed by atoms with Crippen molar-refractivity contribution in [3.63, 3.8) is 0 Å². The Hall–Kier alpha value is -0.870. The molecule has 1 aromatic rings. The van der Waals surface area contributed by atoms with E-state index < -0.39 is 10.0 Å². The van der Waals surface area contributed by atoms with Crippen molar-refractivity contribution in [2.75, 3.05) is 6.26 Å². The number of hydrogen-bond acceptors (Lipinski definition) is 2. The van der Waals surface area contributed by atoms with Crippen molar-refractivity contribution < 1.29 is 8.42 Å². The minimum absolute atomic E-state index is 0.166. The lowest BCUT2D eigenvalue weighted by atomic mass is 9.94. The van der Waals surface area contributed by atoms with Crippen molar-refractivity contribution in [3.8, 4) is 0 Å². The average molecular weight is 269 g/mol. The lowest BCUT2D eigenvalue weighted by Gasteiger charge is -2.22. The molecule has 0 bridgehead atoms. The van der Waals surface area contributed by atoms with Crippen molar-refractivity contribution in [2.24, 2.45) is 5.92 Å². The Morgan fingerprint density at radius 2 is 1.39 bits per heavy atom. The Labute approximate surface area is 111 Å². The highest BCUT2D eigenvalue weighted by Crippen LogP contribution is 2.24. The molecule has 0 fully saturated rings. The molecule has 1 aromatic carbocycles. The molecule has 0 radical (unpaired) electrons. The minimum Gasteiger partial charge on any atom is -0.213 e. The third-order valence-electron chi connectivity index (χ3n) is 2.97. The summed E-state index contributed by atoms with van der Waals surface area (Å²) in [4.78, 5) is 0. The van der Waals surface area contributed by atoms with Crippen LogP contribution in [0, 0.1) is 5.92 Å². The number of nitrogens with one attached hydrogen (secondary N) is 1. The van der Waals surface area contributed by atoms with Crippen molar-refractivity contribution in [2.45, 2.75) is 39.7 Å². The van der Waals surface area contributed by atoms with Crippen LogP contribution in [0.2, 0.25) is 0 Å². The Morgan fingerprint density at radius 1 is 0.944 bits per heavy atom. The molecule has 0 saturated carbocycles. The Bertz CT molecular complexity index is 475. The molecule has 18 heavy (non-hydrogen) atoms. The summed E-state index contributed by atoms with van der Waals surface area (Å²) in [6, 6.07) is 8.00. The fourth-order valence-electron chi connectivity index (χ4n) is 1.91. The van der Waals surface area contributed by atoms with E-state index in [2.05, 4.69) is 30.7 Å². The van der Waals surface area contributed by atoms with E-state index >= 15 is 0 Å². The van der Waals surface area contributed by atoms with E-state index in [-0.39, 0.29) is 12.0 Å². The number of hydrogen-bond donors (Lipinski definition) is 1. The summed E-state index contributed by atoms with van der Waals surface area (Å²) >= 11 is 0. The fraction of sp³-hybridized carbons (Fsp3) is 0.571. The fourth-order valence-corrected chi connectivity index (χ4v) is 2.78. The maximum Gasteiger partial charge on any atom is 0.209 e. The zero-order chi connectivity index (χ0) is 13.9. The second kappa shape index (κ2) is 5.85. The molecule has 3 nitrogen and oxygen atoms in total. The SMILES string of the molecule is CC(C)c1ccc([C@@H](NS(C)(=O)=O)C(C)C)cc1. The van der Waals surface area contributed by atoms with Gasteiger partial charge in [0.25, 0.3) is 0 Å². The Kier molecular flexibility index (Phi) is 4.93. The smallest absolute Gasteiger partial charge is 0.209 e. The summed E-state index contributed by atoms with van der Waals surface area (Å²) in [5.41, 5.74) is 2.28. The first-order valence-corrected chi connectivity index (χ1v) is 8.17. The molecule has 1 rings (SSSR count). The van der Waals surface area contributed by atoms with Gasteiger partial charge in [-0.2, -0.15) is 0 Å².